The van der Waals surface area contributed by atoms with E-state index in [0.29, 0.717) is 11.1 Å². The maximum Gasteiger partial charge on any atom is 0.332 e. The van der Waals surface area contributed by atoms with E-state index in [2.05, 4.69) is 0 Å². The number of rotatable bonds is 7. The summed E-state index contributed by atoms with van der Waals surface area (Å²) in [5.74, 6) is -1.25. The molecule has 0 unspecified atom stereocenters. The van der Waals surface area contributed by atoms with E-state index < -0.39 is 17.4 Å². The predicted molar refractivity (Wildman–Crippen MR) is 130 cm³/mol. The van der Waals surface area contributed by atoms with Crippen molar-refractivity contribution >= 4 is 29.2 Å². The predicted octanol–water partition coefficient (Wildman–Crippen LogP) is 5.69. The maximum absolute atomic E-state index is 13.7. The van der Waals surface area contributed by atoms with Gasteiger partial charge in [0.05, 0.1) is 13.2 Å². The van der Waals surface area contributed by atoms with E-state index in [0.717, 1.165) is 22.3 Å². The number of hydrogen-bond acceptors (Lipinski definition) is 4. The molecule has 0 amide bonds. The van der Waals surface area contributed by atoms with Crippen LogP contribution in [0.4, 0.5) is 0 Å². The normalized spacial score (nSPS) is 14.2. The Morgan fingerprint density at radius 1 is 0.727 bits per heavy atom. The average Bonchev–Trinajstić information content (AvgIpc) is 3.15. The van der Waals surface area contributed by atoms with Gasteiger partial charge in [0, 0.05) is 5.57 Å². The highest BCUT2D eigenvalue weighted by Crippen LogP contribution is 2.53. The molecule has 3 aromatic carbocycles. The zero-order valence-electron chi connectivity index (χ0n) is 18.8. The van der Waals surface area contributed by atoms with Crippen molar-refractivity contribution in [3.05, 3.63) is 113 Å². The molecule has 0 bridgehead atoms. The lowest BCUT2D eigenvalue weighted by Crippen LogP contribution is -2.46. The first-order valence-electron chi connectivity index (χ1n) is 11.1. The lowest BCUT2D eigenvalue weighted by Gasteiger charge is -2.29. The van der Waals surface area contributed by atoms with Crippen molar-refractivity contribution < 1.29 is 19.1 Å². The average molecular weight is 439 g/mol. The number of allylic oxidation sites excluding steroid dienone is 2. The van der Waals surface area contributed by atoms with Crippen LogP contribution in [0.15, 0.2) is 91.0 Å². The largest absolute Gasteiger partial charge is 0.465 e. The van der Waals surface area contributed by atoms with E-state index in [-0.39, 0.29) is 13.2 Å². The smallest absolute Gasteiger partial charge is 0.332 e. The third-order valence-corrected chi connectivity index (χ3v) is 5.73. The molecule has 0 aromatic heterocycles. The fourth-order valence-corrected chi connectivity index (χ4v) is 4.40. The maximum atomic E-state index is 13.7. The first-order valence-corrected chi connectivity index (χ1v) is 11.1. The van der Waals surface area contributed by atoms with Crippen molar-refractivity contribution in [2.75, 3.05) is 13.2 Å². The Morgan fingerprint density at radius 3 is 1.88 bits per heavy atom. The second kappa shape index (κ2) is 9.70. The summed E-state index contributed by atoms with van der Waals surface area (Å²) in [5, 5.41) is 0. The zero-order valence-corrected chi connectivity index (χ0v) is 18.8. The number of carbonyl (C=O) groups is 2. The van der Waals surface area contributed by atoms with Crippen LogP contribution in [0.5, 0.6) is 0 Å². The van der Waals surface area contributed by atoms with Gasteiger partial charge in [0.15, 0.2) is 0 Å². The van der Waals surface area contributed by atoms with E-state index in [9.17, 15) is 9.59 Å². The minimum absolute atomic E-state index is 0.152. The fraction of sp³-hybridized carbons (Fsp3) is 0.172. The molecule has 33 heavy (non-hydrogen) atoms. The zero-order chi connectivity index (χ0) is 23.3. The molecular weight excluding hydrogens is 412 g/mol. The standard InChI is InChI=1S/C29H26O4/c1-3-32-27(30)29(28(31)33-4-2)25-18-12-11-17-23(25)24(20-19-21-13-7-5-8-14-21)26(29)22-15-9-6-10-16-22/h5-20H,3-4H2,1-2H3/b20-19-. The lowest BCUT2D eigenvalue weighted by atomic mass is 9.74. The van der Waals surface area contributed by atoms with Gasteiger partial charge >= 0.3 is 11.9 Å². The Balaban J connectivity index is 2.07. The molecular formula is C29H26O4. The number of ether oxygens (including phenoxy) is 2. The first-order chi connectivity index (χ1) is 16.1. The van der Waals surface area contributed by atoms with E-state index in [1.807, 2.05) is 97.1 Å². The van der Waals surface area contributed by atoms with Crippen molar-refractivity contribution in [2.24, 2.45) is 0 Å². The Kier molecular flexibility index (Phi) is 6.55. The van der Waals surface area contributed by atoms with E-state index in [4.69, 9.17) is 9.47 Å². The van der Waals surface area contributed by atoms with E-state index in [1.54, 1.807) is 13.8 Å². The van der Waals surface area contributed by atoms with Gasteiger partial charge in [-0.3, -0.25) is 9.59 Å². The summed E-state index contributed by atoms with van der Waals surface area (Å²) >= 11 is 0. The highest BCUT2D eigenvalue weighted by Gasteiger charge is 2.59. The number of carbonyl (C=O) groups excluding carboxylic acids is 2. The van der Waals surface area contributed by atoms with Gasteiger partial charge in [0.1, 0.15) is 0 Å². The monoisotopic (exact) mass is 438 g/mol. The van der Waals surface area contributed by atoms with Crippen LogP contribution in [0.25, 0.3) is 17.2 Å². The van der Waals surface area contributed by atoms with Crippen LogP contribution in [0.2, 0.25) is 0 Å². The second-order valence-corrected chi connectivity index (χ2v) is 7.64. The molecule has 0 aliphatic heterocycles. The molecule has 0 fully saturated rings. The number of esters is 2. The van der Waals surface area contributed by atoms with Gasteiger partial charge in [-0.25, -0.2) is 0 Å². The van der Waals surface area contributed by atoms with Gasteiger partial charge in [-0.1, -0.05) is 97.1 Å². The molecule has 0 N–H and O–H groups in total. The van der Waals surface area contributed by atoms with Crippen LogP contribution in [0.3, 0.4) is 0 Å². The van der Waals surface area contributed by atoms with Gasteiger partial charge in [-0.2, -0.15) is 0 Å². The summed E-state index contributed by atoms with van der Waals surface area (Å²) in [4.78, 5) is 27.3. The minimum atomic E-state index is -1.71. The summed E-state index contributed by atoms with van der Waals surface area (Å²) in [6, 6.07) is 26.9. The quantitative estimate of drug-likeness (QED) is 0.351. The van der Waals surface area contributed by atoms with Crippen molar-refractivity contribution in [2.45, 2.75) is 19.3 Å². The summed E-state index contributed by atoms with van der Waals surface area (Å²) in [7, 11) is 0. The van der Waals surface area contributed by atoms with Gasteiger partial charge in [0.25, 0.3) is 0 Å². The van der Waals surface area contributed by atoms with Gasteiger partial charge in [0.2, 0.25) is 5.41 Å². The molecule has 4 heteroatoms. The van der Waals surface area contributed by atoms with Crippen molar-refractivity contribution in [3.8, 4) is 0 Å². The third kappa shape index (κ3) is 3.89. The molecule has 3 aromatic rings. The van der Waals surface area contributed by atoms with Crippen LogP contribution < -0.4 is 0 Å². The molecule has 0 radical (unpaired) electrons. The molecule has 0 saturated heterocycles. The molecule has 1 aliphatic carbocycles. The fourth-order valence-electron chi connectivity index (χ4n) is 4.40. The van der Waals surface area contributed by atoms with Crippen LogP contribution >= 0.6 is 0 Å². The van der Waals surface area contributed by atoms with Crippen LogP contribution in [0.1, 0.15) is 36.1 Å². The Bertz CT molecular complexity index is 1190. The highest BCUT2D eigenvalue weighted by atomic mass is 16.6. The molecule has 0 spiro atoms. The summed E-state index contributed by atoms with van der Waals surface area (Å²) < 4.78 is 11.0. The number of fused-ring (bicyclic) bond motifs is 1. The first kappa shape index (κ1) is 22.3. The van der Waals surface area contributed by atoms with E-state index >= 15 is 0 Å². The summed E-state index contributed by atoms with van der Waals surface area (Å²) in [6.07, 6.45) is 3.96. The van der Waals surface area contributed by atoms with Crippen molar-refractivity contribution in [1.82, 2.24) is 0 Å². The van der Waals surface area contributed by atoms with E-state index in [1.165, 1.54) is 0 Å². The molecule has 0 heterocycles. The van der Waals surface area contributed by atoms with Gasteiger partial charge in [-0.05, 0) is 41.7 Å². The van der Waals surface area contributed by atoms with Crippen molar-refractivity contribution in [3.63, 3.8) is 0 Å². The van der Waals surface area contributed by atoms with Crippen LogP contribution in [-0.4, -0.2) is 25.2 Å². The molecule has 0 atom stereocenters. The highest BCUT2D eigenvalue weighted by molar-refractivity contribution is 6.27. The number of benzene rings is 3. The molecule has 1 aliphatic rings. The SMILES string of the molecule is CCOC(=O)C1(C(=O)OCC)C(c2ccccc2)=C(/C=C\c2ccccc2)c2ccccc21. The van der Waals surface area contributed by atoms with Crippen molar-refractivity contribution in [1.29, 1.82) is 0 Å². The summed E-state index contributed by atoms with van der Waals surface area (Å²) in [6.45, 7) is 3.78. The minimum Gasteiger partial charge on any atom is -0.465 e. The Labute approximate surface area is 194 Å². The lowest BCUT2D eigenvalue weighted by molar-refractivity contribution is -0.161. The third-order valence-electron chi connectivity index (χ3n) is 5.73. The molecule has 4 nitrogen and oxygen atoms in total. The summed E-state index contributed by atoms with van der Waals surface area (Å²) in [5.41, 5.74) is 2.83. The Morgan fingerprint density at radius 2 is 1.27 bits per heavy atom. The Hall–Kier alpha value is -3.92. The van der Waals surface area contributed by atoms with Gasteiger partial charge < -0.3 is 9.47 Å². The second-order valence-electron chi connectivity index (χ2n) is 7.64. The van der Waals surface area contributed by atoms with Crippen LogP contribution in [0, 0.1) is 0 Å². The molecule has 4 rings (SSSR count). The van der Waals surface area contributed by atoms with Crippen LogP contribution in [-0.2, 0) is 24.5 Å². The topological polar surface area (TPSA) is 52.6 Å². The number of hydrogen-bond donors (Lipinski definition) is 0. The molecule has 0 saturated carbocycles. The molecule has 166 valence electrons. The van der Waals surface area contributed by atoms with Gasteiger partial charge in [-0.15, -0.1) is 0 Å².